The van der Waals surface area contributed by atoms with Gasteiger partial charge in [-0.25, -0.2) is 0 Å². The van der Waals surface area contributed by atoms with Crippen molar-refractivity contribution in [3.05, 3.63) is 70.5 Å². The molecule has 0 amide bonds. The number of hydrogen-bond acceptors (Lipinski definition) is 6. The van der Waals surface area contributed by atoms with Gasteiger partial charge < -0.3 is 24.9 Å². The molecule has 0 aliphatic carbocycles. The number of nitrogens with two attached hydrogens (primary N) is 1. The van der Waals surface area contributed by atoms with Crippen molar-refractivity contribution in [2.75, 3.05) is 13.2 Å². The smallest absolute Gasteiger partial charge is 0.323 e. The first-order chi connectivity index (χ1) is 13.6. The Morgan fingerprint density at radius 3 is 2.79 bits per heavy atom. The number of carbonyl (C=O) groups is 1. The molecule has 28 heavy (non-hydrogen) atoms. The summed E-state index contributed by atoms with van der Waals surface area (Å²) in [7, 11) is 0. The van der Waals surface area contributed by atoms with Crippen LogP contribution >= 0.6 is 0 Å². The summed E-state index contributed by atoms with van der Waals surface area (Å²) >= 11 is 0. The molecular weight excluding hydrogens is 360 g/mol. The Kier molecular flexibility index (Phi) is 4.99. The Hall–Kier alpha value is -3.32. The molecule has 7 nitrogen and oxygen atoms in total. The molecule has 2 unspecified atom stereocenters. The number of H-pyrrole nitrogens is 1. The van der Waals surface area contributed by atoms with Crippen LogP contribution in [0.3, 0.4) is 0 Å². The SMILES string of the molecule is NC(Cc1cc(=O)[nH]c2ccccc12)C(=O)OCC1COc2ccccc2O1. The van der Waals surface area contributed by atoms with E-state index in [-0.39, 0.29) is 25.2 Å². The van der Waals surface area contributed by atoms with Gasteiger partial charge in [0.25, 0.3) is 0 Å². The van der Waals surface area contributed by atoms with Gasteiger partial charge in [0, 0.05) is 17.0 Å². The third-order valence-electron chi connectivity index (χ3n) is 4.56. The predicted molar refractivity (Wildman–Crippen MR) is 104 cm³/mol. The Balaban J connectivity index is 1.38. The summed E-state index contributed by atoms with van der Waals surface area (Å²) in [5.41, 5.74) is 7.20. The second kappa shape index (κ2) is 7.74. The molecule has 4 rings (SSSR count). The predicted octanol–water partition coefficient (Wildman–Crippen LogP) is 1.78. The zero-order valence-electron chi connectivity index (χ0n) is 15.1. The van der Waals surface area contributed by atoms with E-state index in [9.17, 15) is 9.59 Å². The molecule has 2 heterocycles. The number of aromatic amines is 1. The summed E-state index contributed by atoms with van der Waals surface area (Å²) in [5, 5.41) is 0.853. The highest BCUT2D eigenvalue weighted by molar-refractivity contribution is 5.83. The fourth-order valence-corrected chi connectivity index (χ4v) is 3.19. The summed E-state index contributed by atoms with van der Waals surface area (Å²) in [5.74, 6) is 0.740. The number of ether oxygens (including phenoxy) is 3. The topological polar surface area (TPSA) is 104 Å². The molecule has 2 aromatic carbocycles. The molecule has 144 valence electrons. The van der Waals surface area contributed by atoms with Crippen molar-refractivity contribution in [1.82, 2.24) is 4.98 Å². The zero-order chi connectivity index (χ0) is 19.5. The lowest BCUT2D eigenvalue weighted by Crippen LogP contribution is -2.39. The van der Waals surface area contributed by atoms with Gasteiger partial charge in [-0.15, -0.1) is 0 Å². The first-order valence-electron chi connectivity index (χ1n) is 9.02. The zero-order valence-corrected chi connectivity index (χ0v) is 15.1. The summed E-state index contributed by atoms with van der Waals surface area (Å²) < 4.78 is 16.7. The van der Waals surface area contributed by atoms with Crippen LogP contribution in [0, 0.1) is 0 Å². The fraction of sp³-hybridized carbons (Fsp3) is 0.238. The Labute approximate surface area is 161 Å². The highest BCUT2D eigenvalue weighted by atomic mass is 16.6. The van der Waals surface area contributed by atoms with Gasteiger partial charge in [0.05, 0.1) is 0 Å². The van der Waals surface area contributed by atoms with Gasteiger partial charge in [-0.1, -0.05) is 30.3 Å². The van der Waals surface area contributed by atoms with Gasteiger partial charge >= 0.3 is 5.97 Å². The number of aromatic nitrogens is 1. The van der Waals surface area contributed by atoms with Gasteiger partial charge in [-0.05, 0) is 30.2 Å². The van der Waals surface area contributed by atoms with Gasteiger partial charge in [-0.2, -0.15) is 0 Å². The minimum Gasteiger partial charge on any atom is -0.486 e. The maximum absolute atomic E-state index is 12.3. The molecule has 1 aliphatic rings. The Morgan fingerprint density at radius 1 is 1.18 bits per heavy atom. The number of rotatable bonds is 5. The summed E-state index contributed by atoms with van der Waals surface area (Å²) in [6.07, 6.45) is -0.194. The maximum atomic E-state index is 12.3. The summed E-state index contributed by atoms with van der Waals surface area (Å²) in [4.78, 5) is 26.9. The van der Waals surface area contributed by atoms with E-state index in [2.05, 4.69) is 4.98 Å². The molecule has 1 aromatic heterocycles. The van der Waals surface area contributed by atoms with Crippen LogP contribution in [0.15, 0.2) is 59.4 Å². The van der Waals surface area contributed by atoms with Crippen LogP contribution in [0.5, 0.6) is 11.5 Å². The van der Waals surface area contributed by atoms with Crippen LogP contribution in [0.4, 0.5) is 0 Å². The van der Waals surface area contributed by atoms with Gasteiger partial charge in [0.1, 0.15) is 19.3 Å². The van der Waals surface area contributed by atoms with Crippen LogP contribution in [0.2, 0.25) is 0 Å². The van der Waals surface area contributed by atoms with Crippen LogP contribution < -0.4 is 20.8 Å². The summed E-state index contributed by atoms with van der Waals surface area (Å²) in [6.45, 7) is 0.329. The van der Waals surface area contributed by atoms with Crippen molar-refractivity contribution in [3.8, 4) is 11.5 Å². The van der Waals surface area contributed by atoms with Crippen molar-refractivity contribution >= 4 is 16.9 Å². The first-order valence-corrected chi connectivity index (χ1v) is 9.02. The number of para-hydroxylation sites is 3. The number of esters is 1. The number of hydrogen-bond donors (Lipinski definition) is 2. The normalized spacial score (nSPS) is 16.5. The second-order valence-corrected chi connectivity index (χ2v) is 6.64. The molecule has 3 aromatic rings. The van der Waals surface area contributed by atoms with E-state index in [0.29, 0.717) is 22.6 Å². The molecule has 0 spiro atoms. The fourth-order valence-electron chi connectivity index (χ4n) is 3.19. The van der Waals surface area contributed by atoms with E-state index in [1.54, 1.807) is 6.07 Å². The third-order valence-corrected chi connectivity index (χ3v) is 4.56. The van der Waals surface area contributed by atoms with Crippen molar-refractivity contribution in [1.29, 1.82) is 0 Å². The van der Waals surface area contributed by atoms with Crippen molar-refractivity contribution in [2.24, 2.45) is 5.73 Å². The Morgan fingerprint density at radius 2 is 1.93 bits per heavy atom. The molecule has 0 saturated heterocycles. The number of pyridine rings is 1. The van der Waals surface area contributed by atoms with E-state index in [4.69, 9.17) is 19.9 Å². The van der Waals surface area contributed by atoms with Crippen molar-refractivity contribution < 1.29 is 19.0 Å². The average molecular weight is 380 g/mol. The highest BCUT2D eigenvalue weighted by Crippen LogP contribution is 2.30. The minimum absolute atomic E-state index is 0.0387. The molecule has 2 atom stereocenters. The van der Waals surface area contributed by atoms with Gasteiger partial charge in [0.15, 0.2) is 17.6 Å². The van der Waals surface area contributed by atoms with Crippen molar-refractivity contribution in [3.63, 3.8) is 0 Å². The lowest BCUT2D eigenvalue weighted by atomic mass is 10.0. The van der Waals surface area contributed by atoms with Crippen LogP contribution in [0.25, 0.3) is 10.9 Å². The number of nitrogens with one attached hydrogen (secondary N) is 1. The van der Waals surface area contributed by atoms with E-state index in [0.717, 1.165) is 5.39 Å². The molecule has 3 N–H and O–H groups in total. The van der Waals surface area contributed by atoms with Crippen molar-refractivity contribution in [2.45, 2.75) is 18.6 Å². The van der Waals surface area contributed by atoms with E-state index in [1.807, 2.05) is 42.5 Å². The molecule has 7 heteroatoms. The van der Waals surface area contributed by atoms with E-state index in [1.165, 1.54) is 6.07 Å². The summed E-state index contributed by atoms with van der Waals surface area (Å²) in [6, 6.07) is 15.3. The number of fused-ring (bicyclic) bond motifs is 2. The largest absolute Gasteiger partial charge is 0.486 e. The van der Waals surface area contributed by atoms with Gasteiger partial charge in [0.2, 0.25) is 5.56 Å². The van der Waals surface area contributed by atoms with Crippen LogP contribution in [0.1, 0.15) is 5.56 Å². The average Bonchev–Trinajstić information content (AvgIpc) is 2.71. The highest BCUT2D eigenvalue weighted by Gasteiger charge is 2.24. The molecule has 0 radical (unpaired) electrons. The molecular formula is C21H20N2O5. The monoisotopic (exact) mass is 380 g/mol. The molecule has 1 aliphatic heterocycles. The van der Waals surface area contributed by atoms with E-state index < -0.39 is 18.1 Å². The minimum atomic E-state index is -0.887. The lowest BCUT2D eigenvalue weighted by Gasteiger charge is -2.26. The van der Waals surface area contributed by atoms with Crippen LogP contribution in [-0.2, 0) is 16.0 Å². The lowest BCUT2D eigenvalue weighted by molar-refractivity contribution is -0.148. The maximum Gasteiger partial charge on any atom is 0.323 e. The molecule has 0 bridgehead atoms. The second-order valence-electron chi connectivity index (χ2n) is 6.64. The molecule has 0 saturated carbocycles. The van der Waals surface area contributed by atoms with Crippen LogP contribution in [-0.4, -0.2) is 36.3 Å². The number of carbonyl (C=O) groups excluding carboxylic acids is 1. The molecule has 0 fully saturated rings. The standard InChI is InChI=1S/C21H20N2O5/c22-16(9-13-10-20(24)23-17-6-2-1-5-15(13)17)21(25)27-12-14-11-26-18-7-3-4-8-19(18)28-14/h1-8,10,14,16H,9,11-12,22H2,(H,23,24). The Bertz CT molecular complexity index is 1060. The first kappa shape index (κ1) is 18.1. The third kappa shape index (κ3) is 3.84. The quantitative estimate of drug-likeness (QED) is 0.654. The number of benzene rings is 2. The van der Waals surface area contributed by atoms with Gasteiger partial charge in [-0.3, -0.25) is 9.59 Å². The van der Waals surface area contributed by atoms with E-state index >= 15 is 0 Å².